The van der Waals surface area contributed by atoms with E-state index in [0.717, 1.165) is 0 Å². The van der Waals surface area contributed by atoms with Crippen molar-refractivity contribution in [3.05, 3.63) is 12.2 Å². The van der Waals surface area contributed by atoms with Gasteiger partial charge in [0.1, 0.15) is 4.87 Å². The number of amides is 2. The first-order valence-corrected chi connectivity index (χ1v) is 8.43. The van der Waals surface area contributed by atoms with Gasteiger partial charge in [-0.15, -0.1) is 0 Å². The van der Waals surface area contributed by atoms with E-state index >= 15 is 0 Å². The van der Waals surface area contributed by atoms with Gasteiger partial charge in [-0.05, 0) is 12.2 Å². The molecule has 0 aromatic heterocycles. The summed E-state index contributed by atoms with van der Waals surface area (Å²) in [7, 11) is 2.67. The second kappa shape index (κ2) is 6.45. The van der Waals surface area contributed by atoms with Crippen molar-refractivity contribution < 1.29 is 19.5 Å². The number of carbonyl (C=O) groups excluding carboxylic acids is 2. The molecule has 2 aliphatic heterocycles. The maximum absolute atomic E-state index is 11.9. The van der Waals surface area contributed by atoms with Gasteiger partial charge in [-0.2, -0.15) is 0 Å². The molecular weight excluding hydrogens is 300 g/mol. The van der Waals surface area contributed by atoms with Crippen LogP contribution in [0.3, 0.4) is 0 Å². The first-order chi connectivity index (χ1) is 9.55. The van der Waals surface area contributed by atoms with Crippen molar-refractivity contribution in [3.63, 3.8) is 0 Å². The molecule has 0 bridgehead atoms. The molecule has 20 heavy (non-hydrogen) atoms. The molecular formula is C12H14N2O4S2. The number of likely N-dealkylation sites (tertiary alicyclic amines) is 1. The lowest BCUT2D eigenvalue weighted by molar-refractivity contribution is -0.141. The highest BCUT2D eigenvalue weighted by molar-refractivity contribution is 8.77. The number of hydrogen-bond acceptors (Lipinski definition) is 6. The van der Waals surface area contributed by atoms with Crippen molar-refractivity contribution in [1.29, 1.82) is 0 Å². The number of rotatable bonds is 6. The summed E-state index contributed by atoms with van der Waals surface area (Å²) in [4.78, 5) is 39.0. The van der Waals surface area contributed by atoms with E-state index in [0.29, 0.717) is 12.3 Å². The van der Waals surface area contributed by atoms with Gasteiger partial charge in [-0.3, -0.25) is 24.3 Å². The monoisotopic (exact) mass is 314 g/mol. The largest absolute Gasteiger partial charge is 0.481 e. The third-order valence-electron chi connectivity index (χ3n) is 2.90. The molecule has 6 nitrogen and oxygen atoms in total. The van der Waals surface area contributed by atoms with E-state index in [1.165, 1.54) is 26.5 Å². The van der Waals surface area contributed by atoms with Crippen LogP contribution in [-0.4, -0.2) is 51.2 Å². The van der Waals surface area contributed by atoms with Gasteiger partial charge in [0.15, 0.2) is 0 Å². The smallest absolute Gasteiger partial charge is 0.304 e. The zero-order valence-electron chi connectivity index (χ0n) is 10.7. The van der Waals surface area contributed by atoms with Crippen LogP contribution in [0.5, 0.6) is 0 Å². The van der Waals surface area contributed by atoms with Crippen LogP contribution >= 0.6 is 21.6 Å². The van der Waals surface area contributed by atoms with Crippen molar-refractivity contribution in [1.82, 2.24) is 4.90 Å². The molecule has 1 atom stereocenters. The Morgan fingerprint density at radius 1 is 1.40 bits per heavy atom. The predicted octanol–water partition coefficient (Wildman–Crippen LogP) is 1.33. The van der Waals surface area contributed by atoms with Crippen LogP contribution in [-0.2, 0) is 14.4 Å². The summed E-state index contributed by atoms with van der Waals surface area (Å²) in [5, 5.41) is 8.63. The maximum Gasteiger partial charge on any atom is 0.304 e. The number of nitrogens with zero attached hydrogens (tertiary/aromatic N) is 2. The molecule has 1 unspecified atom stereocenters. The lowest BCUT2D eigenvalue weighted by Crippen LogP contribution is -2.50. The van der Waals surface area contributed by atoms with E-state index in [9.17, 15) is 14.4 Å². The Morgan fingerprint density at radius 3 is 2.65 bits per heavy atom. The minimum Gasteiger partial charge on any atom is -0.481 e. The summed E-state index contributed by atoms with van der Waals surface area (Å²) in [6.07, 6.45) is 5.65. The van der Waals surface area contributed by atoms with Gasteiger partial charge in [-0.1, -0.05) is 21.6 Å². The number of imide groups is 1. The Bertz CT molecular complexity index is 476. The molecule has 2 aliphatic rings. The van der Waals surface area contributed by atoms with Gasteiger partial charge in [-0.25, -0.2) is 0 Å². The van der Waals surface area contributed by atoms with Crippen LogP contribution in [0.15, 0.2) is 17.1 Å². The van der Waals surface area contributed by atoms with Crippen LogP contribution in [0.1, 0.15) is 19.3 Å². The third kappa shape index (κ3) is 3.24. The van der Waals surface area contributed by atoms with E-state index in [2.05, 4.69) is 4.99 Å². The van der Waals surface area contributed by atoms with E-state index in [-0.39, 0.29) is 31.1 Å². The number of carboxylic acids is 1. The zero-order chi connectivity index (χ0) is 14.6. The van der Waals surface area contributed by atoms with Crippen LogP contribution in [0.2, 0.25) is 0 Å². The Kier molecular flexibility index (Phi) is 4.87. The van der Waals surface area contributed by atoms with Crippen LogP contribution in [0, 0.1) is 0 Å². The van der Waals surface area contributed by atoms with Gasteiger partial charge in [0.05, 0.1) is 13.0 Å². The number of hydrogen-bond donors (Lipinski definition) is 1. The molecule has 0 aromatic carbocycles. The molecule has 2 heterocycles. The second-order valence-electron chi connectivity index (χ2n) is 4.37. The third-order valence-corrected chi connectivity index (χ3v) is 5.84. The number of carbonyl (C=O) groups is 3. The molecule has 1 saturated heterocycles. The van der Waals surface area contributed by atoms with E-state index in [4.69, 9.17) is 5.11 Å². The van der Waals surface area contributed by atoms with Gasteiger partial charge in [0.2, 0.25) is 11.8 Å². The topological polar surface area (TPSA) is 87.0 Å². The van der Waals surface area contributed by atoms with Gasteiger partial charge in [0.25, 0.3) is 0 Å². The standard InChI is InChI=1S/C12H14N2O4S2/c15-9-2-3-10(16)14(9)12(5-1-6-13-8-12)20-19-7-4-11(17)18/h1,5-6H,2-4,7-8H2,(H,17,18). The van der Waals surface area contributed by atoms with E-state index in [1.807, 2.05) is 0 Å². The summed E-state index contributed by atoms with van der Waals surface area (Å²) in [5.74, 6) is -0.834. The summed E-state index contributed by atoms with van der Waals surface area (Å²) in [6.45, 7) is 0.311. The quantitative estimate of drug-likeness (QED) is 0.452. The number of aliphatic imine (C=N–C) groups is 1. The predicted molar refractivity (Wildman–Crippen MR) is 78.6 cm³/mol. The van der Waals surface area contributed by atoms with Crippen molar-refractivity contribution in [2.45, 2.75) is 24.1 Å². The van der Waals surface area contributed by atoms with Gasteiger partial charge in [0, 0.05) is 24.8 Å². The van der Waals surface area contributed by atoms with Crippen molar-refractivity contribution in [3.8, 4) is 0 Å². The number of dihydropyridines is 1. The summed E-state index contributed by atoms with van der Waals surface area (Å²) >= 11 is 0. The Morgan fingerprint density at radius 2 is 2.10 bits per heavy atom. The highest BCUT2D eigenvalue weighted by Crippen LogP contribution is 2.43. The molecule has 108 valence electrons. The summed E-state index contributed by atoms with van der Waals surface area (Å²) in [6, 6.07) is 0. The highest BCUT2D eigenvalue weighted by atomic mass is 33.1. The number of allylic oxidation sites excluding steroid dienone is 1. The summed E-state index contributed by atoms with van der Waals surface area (Å²) in [5.41, 5.74) is 0. The Balaban J connectivity index is 2.08. The van der Waals surface area contributed by atoms with E-state index < -0.39 is 10.8 Å². The lowest BCUT2D eigenvalue weighted by Gasteiger charge is -2.36. The molecule has 2 amide bonds. The fourth-order valence-electron chi connectivity index (χ4n) is 2.00. The minimum atomic E-state index is -0.863. The Labute approximate surface area is 124 Å². The average Bonchev–Trinajstić information content (AvgIpc) is 2.76. The molecule has 1 N–H and O–H groups in total. The Hall–Kier alpha value is -1.28. The molecule has 0 aromatic rings. The van der Waals surface area contributed by atoms with E-state index in [1.54, 1.807) is 18.4 Å². The molecule has 1 fully saturated rings. The lowest BCUT2D eigenvalue weighted by atomic mass is 10.2. The summed E-state index contributed by atoms with van der Waals surface area (Å²) < 4.78 is 0. The average molecular weight is 314 g/mol. The van der Waals surface area contributed by atoms with Gasteiger partial charge >= 0.3 is 5.97 Å². The highest BCUT2D eigenvalue weighted by Gasteiger charge is 2.46. The molecule has 0 aliphatic carbocycles. The normalized spacial score (nSPS) is 25.5. The first kappa shape index (κ1) is 15.1. The fraction of sp³-hybridized carbons (Fsp3) is 0.500. The number of aliphatic carboxylic acids is 1. The molecule has 0 saturated carbocycles. The number of carboxylic acid groups (broad SMARTS) is 1. The maximum atomic E-state index is 11.9. The van der Waals surface area contributed by atoms with Gasteiger partial charge < -0.3 is 5.11 Å². The fourth-order valence-corrected chi connectivity index (χ4v) is 4.74. The zero-order valence-corrected chi connectivity index (χ0v) is 12.3. The van der Waals surface area contributed by atoms with Crippen molar-refractivity contribution in [2.75, 3.05) is 12.3 Å². The SMILES string of the molecule is O=C(O)CCSSC1(N2C(=O)CCC2=O)C=CC=NC1. The van der Waals surface area contributed by atoms with Crippen molar-refractivity contribution >= 4 is 45.6 Å². The molecule has 8 heteroatoms. The molecule has 0 radical (unpaired) electrons. The van der Waals surface area contributed by atoms with Crippen LogP contribution in [0.4, 0.5) is 0 Å². The molecule has 2 rings (SSSR count). The van der Waals surface area contributed by atoms with Crippen LogP contribution in [0.25, 0.3) is 0 Å². The first-order valence-electron chi connectivity index (χ1n) is 6.11. The van der Waals surface area contributed by atoms with Crippen molar-refractivity contribution in [2.24, 2.45) is 4.99 Å². The minimum absolute atomic E-state index is 0.0443. The second-order valence-corrected chi connectivity index (χ2v) is 7.09. The van der Waals surface area contributed by atoms with Crippen LogP contribution < -0.4 is 0 Å². The molecule has 0 spiro atoms.